The van der Waals surface area contributed by atoms with E-state index in [1.165, 1.54) is 97.1 Å². The molecule has 6 aromatic rings. The Labute approximate surface area is 279 Å². The Balaban J connectivity index is 1.13. The molecule has 0 unspecified atom stereocenters. The van der Waals surface area contributed by atoms with Crippen molar-refractivity contribution in [3.05, 3.63) is 151 Å². The van der Waals surface area contributed by atoms with Crippen LogP contribution in [0.25, 0.3) is 11.1 Å². The van der Waals surface area contributed by atoms with E-state index in [0.29, 0.717) is 11.5 Å². The average Bonchev–Trinajstić information content (AvgIpc) is 3.09. The van der Waals surface area contributed by atoms with E-state index in [9.17, 15) is 30.4 Å². The van der Waals surface area contributed by atoms with Crippen molar-refractivity contribution < 1.29 is 35.1 Å². The second-order valence-corrected chi connectivity index (χ2v) is 16.8. The van der Waals surface area contributed by atoms with Crippen molar-refractivity contribution in [2.75, 3.05) is 0 Å². The fourth-order valence-corrected chi connectivity index (χ4v) is 8.70. The van der Waals surface area contributed by atoms with Crippen molar-refractivity contribution in [3.63, 3.8) is 0 Å². The lowest BCUT2D eigenvalue weighted by atomic mass is 10.1. The van der Waals surface area contributed by atoms with Crippen LogP contribution in [0.4, 0.5) is 0 Å². The van der Waals surface area contributed by atoms with Crippen molar-refractivity contribution >= 4 is 29.5 Å². The maximum atomic E-state index is 13.4. The summed E-state index contributed by atoms with van der Waals surface area (Å²) in [7, 11) is -11.3. The summed E-state index contributed by atoms with van der Waals surface area (Å²) in [5, 5.41) is 9.44. The van der Waals surface area contributed by atoms with E-state index in [2.05, 4.69) is 0 Å². The number of hydrogen-bond acceptors (Lipinski definition) is 8. The van der Waals surface area contributed by atoms with E-state index in [0.717, 1.165) is 16.7 Å². The van der Waals surface area contributed by atoms with Gasteiger partial charge in [-0.05, 0) is 127 Å². The Kier molecular flexibility index (Phi) is 8.69. The predicted molar refractivity (Wildman–Crippen MR) is 180 cm³/mol. The molecule has 0 saturated carbocycles. The zero-order chi connectivity index (χ0) is 34.1. The van der Waals surface area contributed by atoms with Crippen molar-refractivity contribution in [1.29, 1.82) is 0 Å². The molecule has 0 aliphatic rings. The summed E-state index contributed by atoms with van der Waals surface area (Å²) in [6.07, 6.45) is 0. The number of hydrogen-bond donors (Lipinski definition) is 1. The Bertz CT molecular complexity index is 2400. The van der Waals surface area contributed by atoms with Gasteiger partial charge in [-0.25, -0.2) is 25.3 Å². The van der Waals surface area contributed by atoms with Crippen LogP contribution in [0.3, 0.4) is 0 Å². The highest BCUT2D eigenvalue weighted by molar-refractivity contribution is 7.92. The lowest BCUT2D eigenvalue weighted by Gasteiger charge is -2.10. The highest BCUT2D eigenvalue weighted by Crippen LogP contribution is 2.31. The zero-order valence-corrected chi connectivity index (χ0v) is 27.8. The number of aryl methyl sites for hydroxylation is 1. The largest absolute Gasteiger partial charge is 0.508 e. The van der Waals surface area contributed by atoms with Gasteiger partial charge in [-0.2, -0.15) is 0 Å². The van der Waals surface area contributed by atoms with E-state index in [1.54, 1.807) is 48.5 Å². The molecule has 48 heavy (non-hydrogen) atoms. The van der Waals surface area contributed by atoms with E-state index in [1.807, 2.05) is 6.92 Å². The first-order valence-electron chi connectivity index (χ1n) is 14.5. The molecule has 0 saturated heterocycles. The SMILES string of the molecule is Cc1ccc(S(=O)(=O)c2ccc(-c3ccc(S(=O)(=O)c4ccc(Oc5ccc(S(=O)(=O)c6ccc(O)cc6)cc5)cc4)cc3)cc2)cc1. The number of phenolic OH excluding ortho intramolecular Hbond substituents is 1. The summed E-state index contributed by atoms with van der Waals surface area (Å²) in [5.74, 6) is 0.668. The van der Waals surface area contributed by atoms with E-state index in [-0.39, 0.29) is 35.1 Å². The van der Waals surface area contributed by atoms with Crippen LogP contribution >= 0.6 is 0 Å². The first-order valence-corrected chi connectivity index (χ1v) is 19.0. The van der Waals surface area contributed by atoms with Gasteiger partial charge in [-0.1, -0.05) is 42.0 Å². The third-order valence-electron chi connectivity index (χ3n) is 7.64. The maximum absolute atomic E-state index is 13.4. The molecule has 0 aliphatic carbocycles. The van der Waals surface area contributed by atoms with Gasteiger partial charge in [0.25, 0.3) is 0 Å². The normalized spacial score (nSPS) is 12.0. The van der Waals surface area contributed by atoms with Crippen molar-refractivity contribution in [3.8, 4) is 28.4 Å². The number of aromatic hydroxyl groups is 1. The van der Waals surface area contributed by atoms with Gasteiger partial charge in [0, 0.05) is 0 Å². The Morgan fingerprint density at radius 1 is 0.375 bits per heavy atom. The number of phenols is 1. The predicted octanol–water partition coefficient (Wildman–Crippen LogP) is 7.66. The lowest BCUT2D eigenvalue weighted by molar-refractivity contribution is 0.474. The minimum Gasteiger partial charge on any atom is -0.508 e. The van der Waals surface area contributed by atoms with Crippen LogP contribution in [0.2, 0.25) is 0 Å². The molecule has 0 spiro atoms. The summed E-state index contributed by atoms with van der Waals surface area (Å²) in [4.78, 5) is 0.617. The van der Waals surface area contributed by atoms with Gasteiger partial charge in [0.2, 0.25) is 29.5 Å². The topological polar surface area (TPSA) is 132 Å². The van der Waals surface area contributed by atoms with Crippen LogP contribution < -0.4 is 4.74 Å². The fourth-order valence-electron chi connectivity index (χ4n) is 4.91. The van der Waals surface area contributed by atoms with Crippen LogP contribution in [0.15, 0.2) is 175 Å². The standard InChI is InChI=1S/C37H28O8S3/c1-26-2-14-32(15-3-26)46(39,40)33-16-4-27(5-17-33)28-6-18-34(19-7-28)47(41,42)36-22-10-30(11-23-36)45-31-12-24-37(25-13-31)48(43,44)35-20-8-29(38)9-21-35/h2-25,38H,1H3. The average molecular weight is 697 g/mol. The molecule has 242 valence electrons. The summed E-state index contributed by atoms with van der Waals surface area (Å²) >= 11 is 0. The van der Waals surface area contributed by atoms with E-state index < -0.39 is 29.5 Å². The van der Waals surface area contributed by atoms with Crippen molar-refractivity contribution in [2.45, 2.75) is 36.3 Å². The molecule has 0 aromatic heterocycles. The monoisotopic (exact) mass is 696 g/mol. The molecule has 0 radical (unpaired) electrons. The van der Waals surface area contributed by atoms with Gasteiger partial charge in [-0.15, -0.1) is 0 Å². The number of rotatable bonds is 9. The Morgan fingerprint density at radius 3 is 0.938 bits per heavy atom. The Morgan fingerprint density at radius 2 is 0.625 bits per heavy atom. The molecule has 0 heterocycles. The van der Waals surface area contributed by atoms with Gasteiger partial charge in [0.1, 0.15) is 17.2 Å². The maximum Gasteiger partial charge on any atom is 0.206 e. The van der Waals surface area contributed by atoms with Crippen molar-refractivity contribution in [1.82, 2.24) is 0 Å². The molecule has 0 amide bonds. The van der Waals surface area contributed by atoms with Crippen LogP contribution in [-0.2, 0) is 29.5 Å². The fraction of sp³-hybridized carbons (Fsp3) is 0.0270. The minimum atomic E-state index is -3.86. The second-order valence-electron chi connectivity index (χ2n) is 10.9. The van der Waals surface area contributed by atoms with Crippen LogP contribution in [0, 0.1) is 6.92 Å². The highest BCUT2D eigenvalue weighted by atomic mass is 32.2. The number of sulfone groups is 3. The zero-order valence-electron chi connectivity index (χ0n) is 25.4. The third kappa shape index (κ3) is 6.61. The van der Waals surface area contributed by atoms with Gasteiger partial charge in [0.15, 0.2) is 0 Å². The summed E-state index contributed by atoms with van der Waals surface area (Å²) < 4.78 is 84.2. The summed E-state index contributed by atoms with van der Waals surface area (Å²) in [5.41, 5.74) is 2.41. The third-order valence-corrected chi connectivity index (χ3v) is 13.0. The molecule has 8 nitrogen and oxygen atoms in total. The smallest absolute Gasteiger partial charge is 0.206 e. The molecule has 6 aromatic carbocycles. The van der Waals surface area contributed by atoms with Gasteiger partial charge >= 0.3 is 0 Å². The molecule has 11 heteroatoms. The lowest BCUT2D eigenvalue weighted by Crippen LogP contribution is -2.02. The Hall–Kier alpha value is -5.23. The van der Waals surface area contributed by atoms with Crippen LogP contribution in [0.1, 0.15) is 5.56 Å². The van der Waals surface area contributed by atoms with Gasteiger partial charge < -0.3 is 9.84 Å². The van der Waals surface area contributed by atoms with E-state index in [4.69, 9.17) is 4.74 Å². The van der Waals surface area contributed by atoms with Crippen molar-refractivity contribution in [2.24, 2.45) is 0 Å². The molecule has 0 bridgehead atoms. The first-order chi connectivity index (χ1) is 22.8. The van der Waals surface area contributed by atoms with Gasteiger partial charge in [0.05, 0.1) is 29.4 Å². The quantitative estimate of drug-likeness (QED) is 0.163. The molecule has 0 atom stereocenters. The number of ether oxygens (including phenoxy) is 1. The first kappa shape index (κ1) is 32.7. The molecular formula is C37H28O8S3. The molecule has 0 aliphatic heterocycles. The molecule has 1 N–H and O–H groups in total. The van der Waals surface area contributed by atoms with E-state index >= 15 is 0 Å². The molecular weight excluding hydrogens is 669 g/mol. The summed E-state index contributed by atoms with van der Waals surface area (Å²) in [6.45, 7) is 1.89. The minimum absolute atomic E-state index is 0.0383. The van der Waals surface area contributed by atoms with Crippen LogP contribution in [0.5, 0.6) is 17.2 Å². The van der Waals surface area contributed by atoms with Gasteiger partial charge in [-0.3, -0.25) is 0 Å². The number of benzene rings is 6. The highest BCUT2D eigenvalue weighted by Gasteiger charge is 2.20. The van der Waals surface area contributed by atoms with Crippen LogP contribution in [-0.4, -0.2) is 30.4 Å². The second kappa shape index (κ2) is 12.8. The summed E-state index contributed by atoms with van der Waals surface area (Å²) in [6, 6.07) is 36.3. The molecule has 6 rings (SSSR count). The molecule has 0 fully saturated rings.